The van der Waals surface area contributed by atoms with Crippen molar-refractivity contribution in [3.63, 3.8) is 0 Å². The van der Waals surface area contributed by atoms with E-state index in [0.717, 1.165) is 11.3 Å². The van der Waals surface area contributed by atoms with Crippen LogP contribution in [0.1, 0.15) is 21.7 Å². The van der Waals surface area contributed by atoms with Crippen molar-refractivity contribution in [3.8, 4) is 11.3 Å². The van der Waals surface area contributed by atoms with E-state index in [4.69, 9.17) is 16.1 Å². The number of rotatable bonds is 2. The lowest BCUT2D eigenvalue weighted by Crippen LogP contribution is -2.03. The van der Waals surface area contributed by atoms with E-state index in [1.807, 2.05) is 6.07 Å². The fourth-order valence-corrected chi connectivity index (χ4v) is 2.40. The Bertz CT molecular complexity index is 706. The van der Waals surface area contributed by atoms with E-state index in [1.54, 1.807) is 19.1 Å². The number of halogens is 1. The number of aromatic nitrogens is 1. The molecule has 0 saturated heterocycles. The zero-order valence-corrected chi connectivity index (χ0v) is 10.7. The minimum Gasteiger partial charge on any atom is -0.360 e. The van der Waals surface area contributed by atoms with Crippen LogP contribution in [0.25, 0.3) is 11.3 Å². The summed E-state index contributed by atoms with van der Waals surface area (Å²) in [5, 5.41) is 6.00. The number of aryl methyl sites for hydroxylation is 1. The van der Waals surface area contributed by atoms with Crippen molar-refractivity contribution in [3.05, 3.63) is 35.1 Å². The van der Waals surface area contributed by atoms with E-state index < -0.39 is 5.24 Å². The molecule has 6 heteroatoms. The van der Waals surface area contributed by atoms with Gasteiger partial charge < -0.3 is 9.84 Å². The minimum atomic E-state index is -0.608. The lowest BCUT2D eigenvalue weighted by molar-refractivity contribution is -0.115. The normalized spacial score (nSPS) is 13.3. The van der Waals surface area contributed by atoms with Crippen LogP contribution in [-0.2, 0) is 11.2 Å². The molecule has 5 nitrogen and oxygen atoms in total. The number of benzene rings is 1. The number of fused-ring (bicyclic) bond motifs is 1. The van der Waals surface area contributed by atoms with Gasteiger partial charge >= 0.3 is 0 Å². The summed E-state index contributed by atoms with van der Waals surface area (Å²) in [5.74, 6) is 0.335. The number of amides is 1. The minimum absolute atomic E-state index is 0.0443. The third-order valence-corrected chi connectivity index (χ3v) is 3.25. The molecule has 0 spiro atoms. The molecule has 0 aliphatic carbocycles. The summed E-state index contributed by atoms with van der Waals surface area (Å²) in [4.78, 5) is 22.7. The lowest BCUT2D eigenvalue weighted by Gasteiger charge is -2.02. The number of carbonyl (C=O) groups is 2. The van der Waals surface area contributed by atoms with E-state index in [1.165, 1.54) is 0 Å². The molecule has 1 aromatic carbocycles. The Morgan fingerprint density at radius 3 is 3.00 bits per heavy atom. The van der Waals surface area contributed by atoms with E-state index in [-0.39, 0.29) is 11.5 Å². The van der Waals surface area contributed by atoms with Crippen LogP contribution >= 0.6 is 11.6 Å². The summed E-state index contributed by atoms with van der Waals surface area (Å²) in [7, 11) is 0. The summed E-state index contributed by atoms with van der Waals surface area (Å²) in [6, 6.07) is 5.36. The molecule has 1 aromatic heterocycles. The summed E-state index contributed by atoms with van der Waals surface area (Å²) in [6.07, 6.45) is 0.324. The summed E-state index contributed by atoms with van der Waals surface area (Å²) >= 11 is 5.54. The number of hydrogen-bond donors (Lipinski definition) is 1. The average molecular weight is 277 g/mol. The molecule has 2 aromatic rings. The second kappa shape index (κ2) is 4.20. The van der Waals surface area contributed by atoms with Crippen LogP contribution in [0.2, 0.25) is 0 Å². The molecule has 0 atom stereocenters. The standard InChI is InChI=1S/C13H9ClN2O3/c1-6-11(13(14)18)12(16-19-6)7-2-3-9-8(4-7)5-10(17)15-9/h2-4H,5H2,1H3,(H,15,17). The highest BCUT2D eigenvalue weighted by Crippen LogP contribution is 2.31. The van der Waals surface area contributed by atoms with Crippen LogP contribution in [0.3, 0.4) is 0 Å². The second-order valence-electron chi connectivity index (χ2n) is 4.33. The van der Waals surface area contributed by atoms with E-state index in [0.29, 0.717) is 23.4 Å². The summed E-state index contributed by atoms with van der Waals surface area (Å²) < 4.78 is 5.01. The highest BCUT2D eigenvalue weighted by molar-refractivity contribution is 6.68. The maximum Gasteiger partial charge on any atom is 0.258 e. The van der Waals surface area contributed by atoms with Crippen molar-refractivity contribution in [2.75, 3.05) is 5.32 Å². The van der Waals surface area contributed by atoms with Crippen LogP contribution in [0.5, 0.6) is 0 Å². The van der Waals surface area contributed by atoms with Crippen LogP contribution in [0.15, 0.2) is 22.7 Å². The van der Waals surface area contributed by atoms with Crippen molar-refractivity contribution < 1.29 is 14.1 Å². The van der Waals surface area contributed by atoms with Gasteiger partial charge in [0.15, 0.2) is 0 Å². The van der Waals surface area contributed by atoms with Gasteiger partial charge in [0, 0.05) is 11.3 Å². The van der Waals surface area contributed by atoms with Crippen molar-refractivity contribution >= 4 is 28.4 Å². The Morgan fingerprint density at radius 2 is 2.26 bits per heavy atom. The molecule has 19 heavy (non-hydrogen) atoms. The van der Waals surface area contributed by atoms with Gasteiger partial charge in [0.25, 0.3) is 5.24 Å². The monoisotopic (exact) mass is 276 g/mol. The molecule has 0 saturated carbocycles. The van der Waals surface area contributed by atoms with Gasteiger partial charge in [-0.05, 0) is 36.2 Å². The maximum atomic E-state index is 11.4. The van der Waals surface area contributed by atoms with Crippen molar-refractivity contribution in [1.29, 1.82) is 0 Å². The Balaban J connectivity index is 2.12. The molecule has 0 unspecified atom stereocenters. The highest BCUT2D eigenvalue weighted by Gasteiger charge is 2.23. The molecular weight excluding hydrogens is 268 g/mol. The number of hydrogen-bond acceptors (Lipinski definition) is 4. The molecule has 0 bridgehead atoms. The first-order valence-electron chi connectivity index (χ1n) is 5.65. The number of anilines is 1. The molecule has 0 fully saturated rings. The van der Waals surface area contributed by atoms with Crippen molar-refractivity contribution in [2.24, 2.45) is 0 Å². The maximum absolute atomic E-state index is 11.4. The molecule has 96 valence electrons. The Kier molecular flexibility index (Phi) is 2.64. The van der Waals surface area contributed by atoms with Gasteiger partial charge in [0.05, 0.1) is 6.42 Å². The number of carbonyl (C=O) groups excluding carboxylic acids is 2. The molecule has 1 aliphatic rings. The smallest absolute Gasteiger partial charge is 0.258 e. The van der Waals surface area contributed by atoms with Crippen molar-refractivity contribution in [1.82, 2.24) is 5.16 Å². The Labute approximate surface area is 113 Å². The van der Waals surface area contributed by atoms with E-state index in [2.05, 4.69) is 10.5 Å². The largest absolute Gasteiger partial charge is 0.360 e. The molecule has 1 aliphatic heterocycles. The molecule has 1 N–H and O–H groups in total. The van der Waals surface area contributed by atoms with Gasteiger partial charge in [-0.1, -0.05) is 11.2 Å². The fraction of sp³-hybridized carbons (Fsp3) is 0.154. The summed E-state index contributed by atoms with van der Waals surface area (Å²) in [6.45, 7) is 1.63. The third-order valence-electron chi connectivity index (χ3n) is 3.06. The Hall–Kier alpha value is -2.14. The Morgan fingerprint density at radius 1 is 1.47 bits per heavy atom. The molecule has 1 amide bonds. The first-order valence-corrected chi connectivity index (χ1v) is 6.03. The van der Waals surface area contributed by atoms with Crippen LogP contribution in [-0.4, -0.2) is 16.3 Å². The molecule has 2 heterocycles. The third kappa shape index (κ3) is 1.92. The number of nitrogens with zero attached hydrogens (tertiary/aromatic N) is 1. The first kappa shape index (κ1) is 11.9. The topological polar surface area (TPSA) is 72.2 Å². The van der Waals surface area contributed by atoms with Crippen LogP contribution < -0.4 is 5.32 Å². The van der Waals surface area contributed by atoms with Gasteiger partial charge in [-0.15, -0.1) is 0 Å². The predicted molar refractivity (Wildman–Crippen MR) is 69.2 cm³/mol. The van der Waals surface area contributed by atoms with Gasteiger partial charge in [-0.2, -0.15) is 0 Å². The fourth-order valence-electron chi connectivity index (χ4n) is 2.18. The SMILES string of the molecule is Cc1onc(-c2ccc3c(c2)CC(=O)N3)c1C(=O)Cl. The quantitative estimate of drug-likeness (QED) is 0.856. The zero-order valence-electron chi connectivity index (χ0n) is 9.99. The molecular formula is C13H9ClN2O3. The van der Waals surface area contributed by atoms with Gasteiger partial charge in [-0.25, -0.2) is 0 Å². The summed E-state index contributed by atoms with van der Waals surface area (Å²) in [5.41, 5.74) is 3.03. The predicted octanol–water partition coefficient (Wildman–Crippen LogP) is 2.52. The molecule has 3 rings (SSSR count). The van der Waals surface area contributed by atoms with Crippen molar-refractivity contribution in [2.45, 2.75) is 13.3 Å². The van der Waals surface area contributed by atoms with Gasteiger partial charge in [-0.3, -0.25) is 9.59 Å². The zero-order chi connectivity index (χ0) is 13.6. The highest BCUT2D eigenvalue weighted by atomic mass is 35.5. The van der Waals surface area contributed by atoms with Gasteiger partial charge in [0.1, 0.15) is 17.0 Å². The van der Waals surface area contributed by atoms with E-state index in [9.17, 15) is 9.59 Å². The average Bonchev–Trinajstić information content (AvgIpc) is 2.89. The van der Waals surface area contributed by atoms with Crippen LogP contribution in [0.4, 0.5) is 5.69 Å². The van der Waals surface area contributed by atoms with E-state index >= 15 is 0 Å². The second-order valence-corrected chi connectivity index (χ2v) is 4.68. The van der Waals surface area contributed by atoms with Gasteiger partial charge in [0.2, 0.25) is 5.91 Å². The lowest BCUT2D eigenvalue weighted by atomic mass is 10.0. The molecule has 0 radical (unpaired) electrons. The first-order chi connectivity index (χ1) is 9.06. The van der Waals surface area contributed by atoms with Crippen LogP contribution in [0, 0.1) is 6.92 Å². The number of nitrogens with one attached hydrogen (secondary N) is 1.